The average molecular weight is 702 g/mol. The molecule has 7 heterocycles. The Morgan fingerprint density at radius 3 is 2.62 bits per heavy atom. The molecule has 0 aromatic carbocycles. The Balaban J connectivity index is 0.00000392. The molecular formula is C35H40FN9O4S. The van der Waals surface area contributed by atoms with Crippen LogP contribution in [-0.2, 0) is 31.2 Å². The lowest BCUT2D eigenvalue weighted by Crippen LogP contribution is -2.59. The molecule has 0 spiro atoms. The first kappa shape index (κ1) is 33.9. The van der Waals surface area contributed by atoms with Gasteiger partial charge in [0.05, 0.1) is 37.7 Å². The Morgan fingerprint density at radius 1 is 1.08 bits per heavy atom. The molecule has 0 unspecified atom stereocenters. The molecule has 13 nitrogen and oxygen atoms in total. The maximum Gasteiger partial charge on any atom is 0.286 e. The number of hydrogen-bond donors (Lipinski definition) is 2. The van der Waals surface area contributed by atoms with Crippen molar-refractivity contribution in [3.63, 3.8) is 0 Å². The van der Waals surface area contributed by atoms with Gasteiger partial charge in [0, 0.05) is 67.5 Å². The molecule has 1 aliphatic carbocycles. The lowest BCUT2D eigenvalue weighted by molar-refractivity contribution is -0.0691. The highest BCUT2D eigenvalue weighted by atomic mass is 32.1. The molecule has 0 saturated carbocycles. The van der Waals surface area contributed by atoms with E-state index in [1.54, 1.807) is 25.4 Å². The van der Waals surface area contributed by atoms with Crippen molar-refractivity contribution in [3.8, 4) is 16.9 Å². The van der Waals surface area contributed by atoms with Crippen molar-refractivity contribution in [2.45, 2.75) is 51.3 Å². The molecule has 2 aliphatic heterocycles. The molecule has 5 aromatic heterocycles. The Bertz CT molecular complexity index is 2180. The van der Waals surface area contributed by atoms with Crippen molar-refractivity contribution in [2.24, 2.45) is 7.05 Å². The predicted molar refractivity (Wildman–Crippen MR) is 193 cm³/mol. The second kappa shape index (κ2) is 13.6. The maximum absolute atomic E-state index is 15.5. The van der Waals surface area contributed by atoms with Gasteiger partial charge in [-0.25, -0.2) is 23.4 Å². The van der Waals surface area contributed by atoms with Gasteiger partial charge < -0.3 is 24.6 Å². The van der Waals surface area contributed by atoms with Gasteiger partial charge in [-0.2, -0.15) is 18.6 Å². The van der Waals surface area contributed by atoms with E-state index in [9.17, 15) is 14.7 Å². The first-order valence-corrected chi connectivity index (χ1v) is 16.7. The summed E-state index contributed by atoms with van der Waals surface area (Å²) in [5.74, 6) is 0.0991. The molecule has 0 bridgehead atoms. The third-order valence-electron chi connectivity index (χ3n) is 10.1. The van der Waals surface area contributed by atoms with Gasteiger partial charge >= 0.3 is 0 Å². The summed E-state index contributed by atoms with van der Waals surface area (Å²) in [6.07, 6.45) is 9.30. The molecule has 2 fully saturated rings. The smallest absolute Gasteiger partial charge is 0.286 e. The summed E-state index contributed by atoms with van der Waals surface area (Å²) in [6, 6.07) is 8.10. The minimum Gasteiger partial charge on any atom is -0.392 e. The van der Waals surface area contributed by atoms with Crippen LogP contribution in [0.4, 0.5) is 21.6 Å². The number of aromatic nitrogens is 6. The second-order valence-corrected chi connectivity index (χ2v) is 13.1. The maximum atomic E-state index is 15.5. The van der Waals surface area contributed by atoms with E-state index in [1.807, 2.05) is 18.3 Å². The largest absolute Gasteiger partial charge is 0.392 e. The Labute approximate surface area is 294 Å². The van der Waals surface area contributed by atoms with Crippen LogP contribution in [0.15, 0.2) is 58.8 Å². The fourth-order valence-corrected chi connectivity index (χ4v) is 7.43. The third kappa shape index (κ3) is 5.77. The van der Waals surface area contributed by atoms with Gasteiger partial charge in [-0.05, 0) is 62.4 Å². The van der Waals surface area contributed by atoms with E-state index in [1.165, 1.54) is 26.2 Å². The third-order valence-corrected chi connectivity index (χ3v) is 10.1. The van der Waals surface area contributed by atoms with Crippen molar-refractivity contribution in [1.82, 2.24) is 33.6 Å². The number of hydrogen-bond acceptors (Lipinski definition) is 10. The summed E-state index contributed by atoms with van der Waals surface area (Å²) >= 11 is 0. The Kier molecular flexibility index (Phi) is 9.24. The van der Waals surface area contributed by atoms with Crippen molar-refractivity contribution in [1.29, 1.82) is 0 Å². The van der Waals surface area contributed by atoms with Gasteiger partial charge in [0.2, 0.25) is 0 Å². The average Bonchev–Trinajstić information content (AvgIpc) is 3.38. The zero-order valence-electron chi connectivity index (χ0n) is 28.0. The normalized spacial score (nSPS) is 18.1. The van der Waals surface area contributed by atoms with Crippen LogP contribution < -0.4 is 21.3 Å². The molecular weight excluding hydrogens is 662 g/mol. The van der Waals surface area contributed by atoms with Gasteiger partial charge in [-0.15, -0.1) is 0 Å². The van der Waals surface area contributed by atoms with Crippen LogP contribution in [-0.4, -0.2) is 83.7 Å². The fraction of sp³-hybridized carbons (Fsp3) is 0.400. The molecule has 2 saturated heterocycles. The number of piperazine rings is 1. The molecule has 0 amide bonds. The number of aryl methyl sites for hydroxylation is 2. The Morgan fingerprint density at radius 2 is 1.90 bits per heavy atom. The number of nitrogens with one attached hydrogen (secondary N) is 1. The minimum atomic E-state index is -0.608. The SMILES string of the molecule is C[C@H]1CN(C2COC2)CCN1c1ccc(Nc2cc(-c3ccnc(-n4cnn5c6c(c(F)c5c4=O)CCCC6)c3CO)cn(C)c2=O)nc1.S. The molecule has 5 aromatic rings. The summed E-state index contributed by atoms with van der Waals surface area (Å²) in [6.45, 7) is 6.20. The van der Waals surface area contributed by atoms with Crippen molar-refractivity contribution in [3.05, 3.63) is 92.5 Å². The van der Waals surface area contributed by atoms with E-state index in [0.29, 0.717) is 53.0 Å². The van der Waals surface area contributed by atoms with E-state index >= 15 is 4.39 Å². The summed E-state index contributed by atoms with van der Waals surface area (Å²) in [5, 5.41) is 18.2. The number of fused-ring (bicyclic) bond motifs is 3. The number of rotatable bonds is 7. The second-order valence-electron chi connectivity index (χ2n) is 13.1. The summed E-state index contributed by atoms with van der Waals surface area (Å²) < 4.78 is 24.9. The van der Waals surface area contributed by atoms with E-state index in [0.717, 1.165) is 57.1 Å². The van der Waals surface area contributed by atoms with Crippen LogP contribution in [0.5, 0.6) is 0 Å². The van der Waals surface area contributed by atoms with Gasteiger partial charge in [0.25, 0.3) is 11.1 Å². The predicted octanol–water partition coefficient (Wildman–Crippen LogP) is 2.92. The first-order chi connectivity index (χ1) is 23.8. The van der Waals surface area contributed by atoms with Gasteiger partial charge in [-0.3, -0.25) is 14.5 Å². The molecule has 50 heavy (non-hydrogen) atoms. The van der Waals surface area contributed by atoms with Gasteiger partial charge in [-0.1, -0.05) is 0 Å². The molecule has 15 heteroatoms. The first-order valence-electron chi connectivity index (χ1n) is 16.7. The van der Waals surface area contributed by atoms with Crippen LogP contribution in [0.2, 0.25) is 0 Å². The fourth-order valence-electron chi connectivity index (χ4n) is 7.43. The van der Waals surface area contributed by atoms with Crippen LogP contribution in [0, 0.1) is 5.82 Å². The van der Waals surface area contributed by atoms with Gasteiger partial charge in [0.15, 0.2) is 11.3 Å². The van der Waals surface area contributed by atoms with Crippen LogP contribution in [0.25, 0.3) is 22.5 Å². The van der Waals surface area contributed by atoms with E-state index < -0.39 is 18.0 Å². The number of pyridine rings is 3. The standard InChI is InChI=1S/C35H38FN9O4.H2S/c1-21-15-42(24-18-49-19-24)11-12-43(21)23-7-8-30(38-14-23)40-28-13-22(16-41(2)34(28)47)25-9-10-37-33(27(25)17-46)44-20-39-45-29-6-4-3-5-26(29)31(36)32(45)35(44)48;/h7-10,13-14,16,20-21,24,46H,3-6,11-12,15,17-19H2,1-2H3,(H,38,40);1H2/t21-;/m0./s1. The highest BCUT2D eigenvalue weighted by molar-refractivity contribution is 7.59. The highest BCUT2D eigenvalue weighted by Crippen LogP contribution is 2.31. The molecule has 2 N–H and O–H groups in total. The van der Waals surface area contributed by atoms with Crippen molar-refractivity contribution in [2.75, 3.05) is 43.1 Å². The number of aliphatic hydroxyl groups is 1. The zero-order chi connectivity index (χ0) is 33.8. The highest BCUT2D eigenvalue weighted by Gasteiger charge is 2.32. The lowest BCUT2D eigenvalue weighted by atomic mass is 9.98. The molecule has 8 rings (SSSR count). The van der Waals surface area contributed by atoms with Crippen molar-refractivity contribution < 1.29 is 14.2 Å². The zero-order valence-corrected chi connectivity index (χ0v) is 29.0. The van der Waals surface area contributed by atoms with Crippen molar-refractivity contribution >= 4 is 36.2 Å². The number of halogens is 1. The van der Waals surface area contributed by atoms with Gasteiger partial charge in [0.1, 0.15) is 23.7 Å². The summed E-state index contributed by atoms with van der Waals surface area (Å²) in [7, 11) is 1.64. The Hall–Kier alpha value is -4.57. The lowest BCUT2D eigenvalue weighted by Gasteiger charge is -2.46. The number of nitrogens with zero attached hydrogens (tertiary/aromatic N) is 8. The molecule has 1 atom stereocenters. The number of aliphatic hydroxyl groups excluding tert-OH is 1. The quantitative estimate of drug-likeness (QED) is 0.261. The topological polar surface area (TPSA) is 135 Å². The summed E-state index contributed by atoms with van der Waals surface area (Å²) in [4.78, 5) is 40.8. The number of anilines is 3. The van der Waals surface area contributed by atoms with Crippen LogP contribution in [0.1, 0.15) is 36.6 Å². The number of ether oxygens (including phenoxy) is 1. The molecule has 262 valence electrons. The van der Waals surface area contributed by atoms with E-state index in [2.05, 4.69) is 37.1 Å². The summed E-state index contributed by atoms with van der Waals surface area (Å²) in [5.41, 5.74) is 3.06. The van der Waals surface area contributed by atoms with Crippen LogP contribution >= 0.6 is 13.5 Å². The monoisotopic (exact) mass is 701 g/mol. The molecule has 3 aliphatic rings. The molecule has 0 radical (unpaired) electrons. The van der Waals surface area contributed by atoms with E-state index in [-0.39, 0.29) is 36.1 Å². The van der Waals surface area contributed by atoms with Crippen LogP contribution in [0.3, 0.4) is 0 Å². The van der Waals surface area contributed by atoms with E-state index in [4.69, 9.17) is 4.74 Å². The minimum absolute atomic E-state index is 0.